The van der Waals surface area contributed by atoms with E-state index in [1.54, 1.807) is 26.1 Å². The van der Waals surface area contributed by atoms with E-state index in [0.29, 0.717) is 25.1 Å². The summed E-state index contributed by atoms with van der Waals surface area (Å²) in [7, 11) is 1.53. The van der Waals surface area contributed by atoms with E-state index in [1.807, 2.05) is 17.0 Å². The second-order valence-electron chi connectivity index (χ2n) is 8.27. The van der Waals surface area contributed by atoms with Gasteiger partial charge in [-0.3, -0.25) is 9.78 Å². The fourth-order valence-corrected chi connectivity index (χ4v) is 3.75. The van der Waals surface area contributed by atoms with Crippen LogP contribution in [-0.2, 0) is 22.1 Å². The average Bonchev–Trinajstić information content (AvgIpc) is 2.73. The van der Waals surface area contributed by atoms with Crippen LogP contribution in [-0.4, -0.2) is 41.6 Å². The molecule has 0 saturated carbocycles. The fraction of sp³-hybridized carbons (Fsp3) is 0.478. The highest BCUT2D eigenvalue weighted by Gasteiger charge is 2.35. The summed E-state index contributed by atoms with van der Waals surface area (Å²) in [6.07, 6.45) is -0.412. The summed E-state index contributed by atoms with van der Waals surface area (Å²) in [5, 5.41) is 0. The molecular formula is C23H27F3N2O2. The van der Waals surface area contributed by atoms with E-state index in [2.05, 4.69) is 4.98 Å². The van der Waals surface area contributed by atoms with Crippen molar-refractivity contribution in [3.8, 4) is 0 Å². The summed E-state index contributed by atoms with van der Waals surface area (Å²) in [5.74, 6) is 0.105. The van der Waals surface area contributed by atoms with Crippen molar-refractivity contribution < 1.29 is 22.7 Å². The number of amides is 1. The Bertz CT molecular complexity index is 879. The zero-order valence-corrected chi connectivity index (χ0v) is 17.5. The molecule has 0 aliphatic carbocycles. The van der Waals surface area contributed by atoms with E-state index in [4.69, 9.17) is 4.74 Å². The van der Waals surface area contributed by atoms with Crippen molar-refractivity contribution >= 4 is 5.91 Å². The van der Waals surface area contributed by atoms with Gasteiger partial charge in [-0.25, -0.2) is 0 Å². The Hall–Kier alpha value is -2.41. The molecule has 2 heterocycles. The van der Waals surface area contributed by atoms with Crippen molar-refractivity contribution in [1.29, 1.82) is 0 Å². The van der Waals surface area contributed by atoms with Crippen molar-refractivity contribution in [2.45, 2.75) is 50.8 Å². The highest BCUT2D eigenvalue weighted by Crippen LogP contribution is 2.30. The second kappa shape index (κ2) is 8.76. The molecule has 162 valence electrons. The highest BCUT2D eigenvalue weighted by molar-refractivity contribution is 5.84. The molecule has 1 saturated heterocycles. The van der Waals surface area contributed by atoms with Gasteiger partial charge in [0.25, 0.3) is 5.91 Å². The Balaban J connectivity index is 1.68. The fourth-order valence-electron chi connectivity index (χ4n) is 3.75. The molecule has 0 unspecified atom stereocenters. The number of methoxy groups -OCH3 is 1. The van der Waals surface area contributed by atoms with Gasteiger partial charge in [-0.2, -0.15) is 13.2 Å². The van der Waals surface area contributed by atoms with Gasteiger partial charge in [0.2, 0.25) is 0 Å². The predicted octanol–water partition coefficient (Wildman–Crippen LogP) is 4.82. The van der Waals surface area contributed by atoms with E-state index >= 15 is 0 Å². The van der Waals surface area contributed by atoms with Gasteiger partial charge in [0, 0.05) is 38.0 Å². The van der Waals surface area contributed by atoms with Crippen molar-refractivity contribution in [3.63, 3.8) is 0 Å². The Morgan fingerprint density at radius 1 is 1.20 bits per heavy atom. The van der Waals surface area contributed by atoms with Crippen LogP contribution in [0.2, 0.25) is 0 Å². The summed E-state index contributed by atoms with van der Waals surface area (Å²) in [5.41, 5.74) is 0.841. The summed E-state index contributed by atoms with van der Waals surface area (Å²) < 4.78 is 44.0. The maximum Gasteiger partial charge on any atom is 0.416 e. The smallest absolute Gasteiger partial charge is 0.369 e. The first-order valence-corrected chi connectivity index (χ1v) is 10.1. The lowest BCUT2D eigenvalue weighted by molar-refractivity contribution is -0.152. The van der Waals surface area contributed by atoms with E-state index < -0.39 is 17.3 Å². The molecule has 0 bridgehead atoms. The van der Waals surface area contributed by atoms with Crippen LogP contribution in [0.25, 0.3) is 0 Å². The number of rotatable bonds is 5. The highest BCUT2D eigenvalue weighted by atomic mass is 19.4. The minimum absolute atomic E-state index is 0.0316. The molecule has 1 aliphatic rings. The molecule has 2 aromatic rings. The Labute approximate surface area is 175 Å². The van der Waals surface area contributed by atoms with Crippen molar-refractivity contribution in [1.82, 2.24) is 9.88 Å². The predicted molar refractivity (Wildman–Crippen MR) is 108 cm³/mol. The summed E-state index contributed by atoms with van der Waals surface area (Å²) in [6, 6.07) is 9.19. The van der Waals surface area contributed by atoms with Crippen LogP contribution in [0.4, 0.5) is 13.2 Å². The second-order valence-corrected chi connectivity index (χ2v) is 8.27. The molecule has 1 aliphatic heterocycles. The maximum absolute atomic E-state index is 12.9. The van der Waals surface area contributed by atoms with Gasteiger partial charge in [0.1, 0.15) is 5.60 Å². The Kier molecular flexibility index (Phi) is 6.50. The normalized spacial score (nSPS) is 17.8. The number of carbonyl (C=O) groups is 1. The van der Waals surface area contributed by atoms with Crippen LogP contribution < -0.4 is 0 Å². The lowest BCUT2D eigenvalue weighted by Gasteiger charge is -2.36. The van der Waals surface area contributed by atoms with Gasteiger partial charge in [-0.15, -0.1) is 0 Å². The van der Waals surface area contributed by atoms with Gasteiger partial charge >= 0.3 is 6.18 Å². The third-order valence-electron chi connectivity index (χ3n) is 5.66. The maximum atomic E-state index is 12.9. The van der Waals surface area contributed by atoms with Crippen LogP contribution in [0, 0.1) is 0 Å². The van der Waals surface area contributed by atoms with Crippen LogP contribution in [0.5, 0.6) is 0 Å². The molecule has 30 heavy (non-hydrogen) atoms. The number of hydrogen-bond donors (Lipinski definition) is 0. The van der Waals surface area contributed by atoms with Crippen molar-refractivity contribution in [2.24, 2.45) is 0 Å². The first kappa shape index (κ1) is 22.3. The number of aromatic nitrogens is 1. The number of benzene rings is 1. The monoisotopic (exact) mass is 420 g/mol. The molecule has 0 N–H and O–H groups in total. The number of halogens is 3. The Morgan fingerprint density at radius 3 is 2.60 bits per heavy atom. The molecule has 1 amide bonds. The minimum Gasteiger partial charge on any atom is -0.369 e. The third kappa shape index (κ3) is 5.19. The first-order chi connectivity index (χ1) is 14.1. The van der Waals surface area contributed by atoms with Crippen LogP contribution in [0.1, 0.15) is 55.0 Å². The van der Waals surface area contributed by atoms with E-state index in [-0.39, 0.29) is 11.8 Å². The molecule has 1 fully saturated rings. The summed E-state index contributed by atoms with van der Waals surface area (Å²) >= 11 is 0. The minimum atomic E-state index is -4.35. The quantitative estimate of drug-likeness (QED) is 0.696. The van der Waals surface area contributed by atoms with E-state index in [1.165, 1.54) is 19.2 Å². The van der Waals surface area contributed by atoms with Crippen molar-refractivity contribution in [2.75, 3.05) is 20.2 Å². The number of carbonyl (C=O) groups excluding carboxylic acids is 1. The standard InChI is InChI=1S/C23H27F3N2O2/c1-22(2,30-3)21(29)28-11-5-7-18(15-28)20-10-9-17(14-27-20)12-16-6-4-8-19(13-16)23(24,25)26/h4,6,8-10,13-14,18H,5,7,11-12,15H2,1-3H3/t18-/m0/s1. The largest absolute Gasteiger partial charge is 0.416 e. The Morgan fingerprint density at radius 2 is 1.97 bits per heavy atom. The molecule has 4 nitrogen and oxygen atoms in total. The molecule has 1 aromatic carbocycles. The molecule has 7 heteroatoms. The first-order valence-electron chi connectivity index (χ1n) is 10.1. The van der Waals surface area contributed by atoms with Gasteiger partial charge in [0.15, 0.2) is 0 Å². The number of hydrogen-bond acceptors (Lipinski definition) is 3. The van der Waals surface area contributed by atoms with Gasteiger partial charge in [0.05, 0.1) is 5.56 Å². The van der Waals surface area contributed by atoms with Gasteiger partial charge in [-0.1, -0.05) is 24.3 Å². The number of piperidine rings is 1. The van der Waals surface area contributed by atoms with Gasteiger partial charge in [-0.05, 0) is 56.4 Å². The molecule has 3 rings (SSSR count). The van der Waals surface area contributed by atoms with Crippen LogP contribution in [0.15, 0.2) is 42.6 Å². The number of pyridine rings is 1. The lowest BCUT2D eigenvalue weighted by atomic mass is 9.92. The van der Waals surface area contributed by atoms with Crippen molar-refractivity contribution in [3.05, 3.63) is 65.0 Å². The molecule has 1 aromatic heterocycles. The summed E-state index contributed by atoms with van der Waals surface area (Å²) in [6.45, 7) is 4.82. The number of ether oxygens (including phenoxy) is 1. The zero-order valence-electron chi connectivity index (χ0n) is 17.5. The molecular weight excluding hydrogens is 393 g/mol. The molecule has 0 radical (unpaired) electrons. The van der Waals surface area contributed by atoms with E-state index in [0.717, 1.165) is 30.2 Å². The van der Waals surface area contributed by atoms with E-state index in [9.17, 15) is 18.0 Å². The topological polar surface area (TPSA) is 42.4 Å². The summed E-state index contributed by atoms with van der Waals surface area (Å²) in [4.78, 5) is 19.1. The number of nitrogens with zero attached hydrogens (tertiary/aromatic N) is 2. The molecule has 0 spiro atoms. The number of alkyl halides is 3. The average molecular weight is 420 g/mol. The third-order valence-corrected chi connectivity index (χ3v) is 5.66. The molecule has 1 atom stereocenters. The van der Waals surface area contributed by atoms with Gasteiger partial charge < -0.3 is 9.64 Å². The van der Waals surface area contributed by atoms with Crippen LogP contribution >= 0.6 is 0 Å². The number of likely N-dealkylation sites (tertiary alicyclic amines) is 1. The lowest BCUT2D eigenvalue weighted by Crippen LogP contribution is -2.49. The van der Waals surface area contributed by atoms with Crippen LogP contribution in [0.3, 0.4) is 0 Å². The zero-order chi connectivity index (χ0) is 21.9. The SMILES string of the molecule is COC(C)(C)C(=O)N1CCC[C@H](c2ccc(Cc3cccc(C(F)(F)F)c3)cn2)C1.